The zero-order valence-electron chi connectivity index (χ0n) is 12.9. The molecular formula is C17H23FN2O2. The van der Waals surface area contributed by atoms with E-state index in [-0.39, 0.29) is 23.7 Å². The summed E-state index contributed by atoms with van der Waals surface area (Å²) < 4.78 is 19.6. The van der Waals surface area contributed by atoms with Gasteiger partial charge in [-0.1, -0.05) is 18.2 Å². The van der Waals surface area contributed by atoms with E-state index in [9.17, 15) is 9.18 Å². The second-order valence-corrected chi connectivity index (χ2v) is 6.24. The summed E-state index contributed by atoms with van der Waals surface area (Å²) in [5.74, 6) is 0.00546. The molecule has 2 heterocycles. The minimum absolute atomic E-state index is 0.0793. The Morgan fingerprint density at radius 1 is 1.41 bits per heavy atom. The summed E-state index contributed by atoms with van der Waals surface area (Å²) in [6.45, 7) is 4.50. The molecule has 0 aliphatic carbocycles. The Morgan fingerprint density at radius 2 is 2.23 bits per heavy atom. The van der Waals surface area contributed by atoms with E-state index in [1.54, 1.807) is 18.2 Å². The lowest BCUT2D eigenvalue weighted by Gasteiger charge is -2.37. The molecule has 2 saturated heterocycles. The maximum atomic E-state index is 13.9. The van der Waals surface area contributed by atoms with Crippen LogP contribution >= 0.6 is 0 Å². The van der Waals surface area contributed by atoms with Gasteiger partial charge in [-0.2, -0.15) is 0 Å². The van der Waals surface area contributed by atoms with Crippen molar-refractivity contribution in [2.75, 3.05) is 26.2 Å². The fourth-order valence-electron chi connectivity index (χ4n) is 3.39. The summed E-state index contributed by atoms with van der Waals surface area (Å²) in [4.78, 5) is 14.6. The van der Waals surface area contributed by atoms with Crippen LogP contribution in [0.1, 0.15) is 31.4 Å². The lowest BCUT2D eigenvalue weighted by atomic mass is 9.91. The number of hydrogen-bond donors (Lipinski definition) is 1. The van der Waals surface area contributed by atoms with Gasteiger partial charge in [0, 0.05) is 24.1 Å². The summed E-state index contributed by atoms with van der Waals surface area (Å²) in [6.07, 6.45) is 1.39. The molecule has 0 saturated carbocycles. The quantitative estimate of drug-likeness (QED) is 0.910. The summed E-state index contributed by atoms with van der Waals surface area (Å²) in [5.41, 5.74) is 0.540. The van der Waals surface area contributed by atoms with Crippen molar-refractivity contribution in [2.45, 2.75) is 31.9 Å². The van der Waals surface area contributed by atoms with Gasteiger partial charge in [0.05, 0.1) is 13.2 Å². The molecule has 1 unspecified atom stereocenters. The van der Waals surface area contributed by atoms with E-state index in [2.05, 4.69) is 12.2 Å². The van der Waals surface area contributed by atoms with Gasteiger partial charge in [-0.3, -0.25) is 4.79 Å². The van der Waals surface area contributed by atoms with Crippen molar-refractivity contribution in [2.24, 2.45) is 5.92 Å². The minimum atomic E-state index is -0.363. The Hall–Kier alpha value is -1.46. The highest BCUT2D eigenvalue weighted by atomic mass is 19.1. The van der Waals surface area contributed by atoms with Gasteiger partial charge in [-0.15, -0.1) is 0 Å². The fraction of sp³-hybridized carbons (Fsp3) is 0.588. The van der Waals surface area contributed by atoms with E-state index in [0.717, 1.165) is 19.4 Å². The molecule has 1 N–H and O–H groups in total. The molecule has 2 aliphatic heterocycles. The van der Waals surface area contributed by atoms with E-state index < -0.39 is 0 Å². The number of halogens is 1. The Labute approximate surface area is 130 Å². The number of morpholine rings is 1. The van der Waals surface area contributed by atoms with Crippen molar-refractivity contribution in [3.63, 3.8) is 0 Å². The van der Waals surface area contributed by atoms with Crippen LogP contribution in [0, 0.1) is 11.7 Å². The summed E-state index contributed by atoms with van der Waals surface area (Å²) in [6, 6.07) is 7.03. The highest BCUT2D eigenvalue weighted by molar-refractivity contribution is 5.79. The van der Waals surface area contributed by atoms with Gasteiger partial charge in [0.25, 0.3) is 0 Å². The lowest BCUT2D eigenvalue weighted by molar-refractivity contribution is -0.144. The maximum absolute atomic E-state index is 13.9. The van der Waals surface area contributed by atoms with Crippen molar-refractivity contribution >= 4 is 5.91 Å². The van der Waals surface area contributed by atoms with Crippen molar-refractivity contribution in [1.29, 1.82) is 0 Å². The molecule has 0 bridgehead atoms. The molecule has 3 atom stereocenters. The van der Waals surface area contributed by atoms with Crippen molar-refractivity contribution in [3.8, 4) is 0 Å². The topological polar surface area (TPSA) is 41.6 Å². The van der Waals surface area contributed by atoms with Crippen molar-refractivity contribution < 1.29 is 13.9 Å². The van der Waals surface area contributed by atoms with Gasteiger partial charge in [0.15, 0.2) is 0 Å². The van der Waals surface area contributed by atoms with E-state index in [0.29, 0.717) is 31.3 Å². The Kier molecular flexibility index (Phi) is 4.74. The number of carbonyl (C=O) groups is 1. The molecular weight excluding hydrogens is 283 g/mol. The Bertz CT molecular complexity index is 537. The lowest BCUT2D eigenvalue weighted by Crippen LogP contribution is -2.48. The maximum Gasteiger partial charge on any atom is 0.225 e. The first kappa shape index (κ1) is 15.4. The van der Waals surface area contributed by atoms with Crippen LogP contribution in [0.15, 0.2) is 24.3 Å². The van der Waals surface area contributed by atoms with Gasteiger partial charge >= 0.3 is 0 Å². The van der Waals surface area contributed by atoms with Crippen LogP contribution in [0.2, 0.25) is 0 Å². The number of piperidine rings is 1. The van der Waals surface area contributed by atoms with Gasteiger partial charge in [0.2, 0.25) is 5.91 Å². The molecule has 0 spiro atoms. The molecule has 2 fully saturated rings. The molecule has 0 aromatic heterocycles. The minimum Gasteiger partial charge on any atom is -0.370 e. The van der Waals surface area contributed by atoms with E-state index in [1.807, 2.05) is 4.90 Å². The molecule has 2 aliphatic rings. The SMILES string of the molecule is C[C@H]1C[C@@H](C(=O)N2CCOC(c3ccccc3F)C2)CCN1. The number of nitrogens with one attached hydrogen (secondary N) is 1. The average molecular weight is 306 g/mol. The van der Waals surface area contributed by atoms with Crippen LogP contribution in [-0.4, -0.2) is 43.1 Å². The third kappa shape index (κ3) is 3.31. The van der Waals surface area contributed by atoms with E-state index in [1.165, 1.54) is 6.07 Å². The van der Waals surface area contributed by atoms with E-state index in [4.69, 9.17) is 4.74 Å². The van der Waals surface area contributed by atoms with Crippen molar-refractivity contribution in [3.05, 3.63) is 35.6 Å². The van der Waals surface area contributed by atoms with E-state index >= 15 is 0 Å². The number of amides is 1. The standard InChI is InChI=1S/C17H23FN2O2/c1-12-10-13(6-7-19-12)17(21)20-8-9-22-16(11-20)14-4-2-3-5-15(14)18/h2-5,12-13,16,19H,6-11H2,1H3/t12-,13-,16?/m0/s1. The number of ether oxygens (including phenoxy) is 1. The van der Waals surface area contributed by atoms with Gasteiger partial charge < -0.3 is 15.0 Å². The highest BCUT2D eigenvalue weighted by Gasteiger charge is 2.32. The van der Waals surface area contributed by atoms with Gasteiger partial charge in [-0.05, 0) is 32.4 Å². The first-order valence-corrected chi connectivity index (χ1v) is 8.03. The van der Waals surface area contributed by atoms with Crippen LogP contribution in [0.4, 0.5) is 4.39 Å². The largest absolute Gasteiger partial charge is 0.370 e. The predicted octanol–water partition coefficient (Wildman–Crippen LogP) is 2.11. The summed E-state index contributed by atoms with van der Waals surface area (Å²) in [7, 11) is 0. The third-order valence-corrected chi connectivity index (χ3v) is 4.60. The Morgan fingerprint density at radius 3 is 3.00 bits per heavy atom. The first-order chi connectivity index (χ1) is 10.6. The van der Waals surface area contributed by atoms with Crippen LogP contribution in [0.25, 0.3) is 0 Å². The highest BCUT2D eigenvalue weighted by Crippen LogP contribution is 2.27. The second kappa shape index (κ2) is 6.75. The zero-order valence-corrected chi connectivity index (χ0v) is 12.9. The smallest absolute Gasteiger partial charge is 0.225 e. The predicted molar refractivity (Wildman–Crippen MR) is 81.9 cm³/mol. The number of rotatable bonds is 2. The molecule has 4 nitrogen and oxygen atoms in total. The number of benzene rings is 1. The molecule has 22 heavy (non-hydrogen) atoms. The van der Waals surface area contributed by atoms with Crippen molar-refractivity contribution in [1.82, 2.24) is 10.2 Å². The molecule has 5 heteroatoms. The first-order valence-electron chi connectivity index (χ1n) is 8.03. The molecule has 1 aromatic rings. The molecule has 0 radical (unpaired) electrons. The monoisotopic (exact) mass is 306 g/mol. The molecule has 120 valence electrons. The number of carbonyl (C=O) groups excluding carboxylic acids is 1. The summed E-state index contributed by atoms with van der Waals surface area (Å²) >= 11 is 0. The molecule has 1 amide bonds. The van der Waals surface area contributed by atoms with Crippen LogP contribution < -0.4 is 5.32 Å². The van der Waals surface area contributed by atoms with Crippen LogP contribution in [0.5, 0.6) is 0 Å². The van der Waals surface area contributed by atoms with Gasteiger partial charge in [-0.25, -0.2) is 4.39 Å². The zero-order chi connectivity index (χ0) is 15.5. The summed E-state index contributed by atoms with van der Waals surface area (Å²) in [5, 5.41) is 3.37. The molecule has 3 rings (SSSR count). The van der Waals surface area contributed by atoms with Crippen LogP contribution in [0.3, 0.4) is 0 Å². The number of hydrogen-bond acceptors (Lipinski definition) is 3. The number of nitrogens with zero attached hydrogens (tertiary/aromatic N) is 1. The average Bonchev–Trinajstić information content (AvgIpc) is 2.55. The van der Waals surface area contributed by atoms with Gasteiger partial charge in [0.1, 0.15) is 11.9 Å². The Balaban J connectivity index is 1.68. The third-order valence-electron chi connectivity index (χ3n) is 4.60. The van der Waals surface area contributed by atoms with Crippen LogP contribution in [-0.2, 0) is 9.53 Å². The fourth-order valence-corrected chi connectivity index (χ4v) is 3.39. The second-order valence-electron chi connectivity index (χ2n) is 6.24. The molecule has 1 aromatic carbocycles. The normalized spacial score (nSPS) is 29.4.